The molecular formula is C22H27N3O6S. The van der Waals surface area contributed by atoms with Gasteiger partial charge in [0.1, 0.15) is 6.04 Å². The van der Waals surface area contributed by atoms with Gasteiger partial charge in [-0.3, -0.25) is 9.59 Å². The van der Waals surface area contributed by atoms with Crippen molar-refractivity contribution in [2.45, 2.75) is 30.9 Å². The summed E-state index contributed by atoms with van der Waals surface area (Å²) < 4.78 is 37.4. The molecule has 0 radical (unpaired) electrons. The predicted octanol–water partition coefficient (Wildman–Crippen LogP) is 1.76. The molecule has 2 atom stereocenters. The van der Waals surface area contributed by atoms with Crippen LogP contribution in [0.25, 0.3) is 0 Å². The smallest absolute Gasteiger partial charge is 0.324 e. The Kier molecular flexibility index (Phi) is 7.84. The number of hydrogen-bond acceptors (Lipinski definition) is 7. The molecule has 2 aromatic carbocycles. The summed E-state index contributed by atoms with van der Waals surface area (Å²) in [6.07, 6.45) is -1.11. The van der Waals surface area contributed by atoms with E-state index in [0.29, 0.717) is 18.9 Å². The monoisotopic (exact) mass is 461 g/mol. The number of amides is 1. The van der Waals surface area contributed by atoms with Crippen LogP contribution in [0.15, 0.2) is 59.5 Å². The van der Waals surface area contributed by atoms with Crippen molar-refractivity contribution in [3.63, 3.8) is 0 Å². The van der Waals surface area contributed by atoms with Crippen LogP contribution in [-0.2, 0) is 29.1 Å². The second-order valence-corrected chi connectivity index (χ2v) is 9.08. The van der Waals surface area contributed by atoms with Gasteiger partial charge in [0, 0.05) is 24.5 Å². The Morgan fingerprint density at radius 2 is 1.62 bits per heavy atom. The number of hydrogen-bond donors (Lipinski definition) is 2. The van der Waals surface area contributed by atoms with E-state index >= 15 is 0 Å². The summed E-state index contributed by atoms with van der Waals surface area (Å²) in [5, 5.41) is 2.69. The van der Waals surface area contributed by atoms with Gasteiger partial charge in [-0.1, -0.05) is 18.2 Å². The van der Waals surface area contributed by atoms with Gasteiger partial charge in [-0.2, -0.15) is 4.72 Å². The molecule has 2 unspecified atom stereocenters. The fourth-order valence-electron chi connectivity index (χ4n) is 3.10. The fraction of sp³-hybridized carbons (Fsp3) is 0.364. The highest BCUT2D eigenvalue weighted by molar-refractivity contribution is 7.89. The van der Waals surface area contributed by atoms with E-state index in [1.165, 1.54) is 26.0 Å². The quantitative estimate of drug-likeness (QED) is 0.576. The molecule has 1 aliphatic rings. The standard InChI is InChI=1S/C22H27N3O6S/c1-16(24-32(28,29)20-6-4-3-5-7-20)22(27)31-17(2)21(26)23-18-8-10-19(11-9-18)25-12-14-30-15-13-25/h3-11,16-17,24H,12-15H2,1-2H3,(H,23,26). The van der Waals surface area contributed by atoms with Crippen molar-refractivity contribution in [1.82, 2.24) is 4.72 Å². The van der Waals surface area contributed by atoms with Gasteiger partial charge in [0.25, 0.3) is 5.91 Å². The van der Waals surface area contributed by atoms with E-state index in [2.05, 4.69) is 14.9 Å². The maximum absolute atomic E-state index is 12.4. The summed E-state index contributed by atoms with van der Waals surface area (Å²) in [7, 11) is -3.89. The Bertz CT molecular complexity index is 1020. The highest BCUT2D eigenvalue weighted by Gasteiger charge is 2.26. The summed E-state index contributed by atoms with van der Waals surface area (Å²) in [6, 6.07) is 13.9. The van der Waals surface area contributed by atoms with Crippen molar-refractivity contribution in [3.8, 4) is 0 Å². The van der Waals surface area contributed by atoms with E-state index in [1.807, 2.05) is 12.1 Å². The second kappa shape index (κ2) is 10.6. The van der Waals surface area contributed by atoms with Crippen LogP contribution in [0.5, 0.6) is 0 Å². The molecule has 1 saturated heterocycles. The number of rotatable bonds is 8. The summed E-state index contributed by atoms with van der Waals surface area (Å²) >= 11 is 0. The van der Waals surface area contributed by atoms with E-state index in [1.54, 1.807) is 30.3 Å². The molecule has 1 heterocycles. The van der Waals surface area contributed by atoms with E-state index in [0.717, 1.165) is 18.8 Å². The van der Waals surface area contributed by atoms with Gasteiger partial charge in [0.05, 0.1) is 18.1 Å². The average Bonchev–Trinajstić information content (AvgIpc) is 2.80. The lowest BCUT2D eigenvalue weighted by molar-refractivity contribution is -0.154. The Labute approximate surface area is 187 Å². The van der Waals surface area contributed by atoms with E-state index < -0.39 is 34.0 Å². The maximum Gasteiger partial charge on any atom is 0.324 e. The summed E-state index contributed by atoms with van der Waals surface area (Å²) in [5.74, 6) is -1.37. The zero-order valence-electron chi connectivity index (χ0n) is 18.0. The van der Waals surface area contributed by atoms with Crippen LogP contribution in [0, 0.1) is 0 Å². The highest BCUT2D eigenvalue weighted by atomic mass is 32.2. The second-order valence-electron chi connectivity index (χ2n) is 7.37. The van der Waals surface area contributed by atoms with Crippen LogP contribution >= 0.6 is 0 Å². The zero-order chi connectivity index (χ0) is 23.1. The number of esters is 1. The van der Waals surface area contributed by atoms with Crippen LogP contribution in [-0.4, -0.2) is 58.7 Å². The molecule has 1 fully saturated rings. The van der Waals surface area contributed by atoms with Gasteiger partial charge in [0.15, 0.2) is 6.10 Å². The van der Waals surface area contributed by atoms with Gasteiger partial charge in [-0.25, -0.2) is 8.42 Å². The largest absolute Gasteiger partial charge is 0.451 e. The lowest BCUT2D eigenvalue weighted by Crippen LogP contribution is -2.42. The molecule has 10 heteroatoms. The molecule has 0 aromatic heterocycles. The third-order valence-electron chi connectivity index (χ3n) is 4.91. The number of carbonyl (C=O) groups excluding carboxylic acids is 2. The molecule has 0 aliphatic carbocycles. The van der Waals surface area contributed by atoms with Crippen LogP contribution in [0.3, 0.4) is 0 Å². The molecule has 0 spiro atoms. The van der Waals surface area contributed by atoms with Gasteiger partial charge in [-0.15, -0.1) is 0 Å². The molecular weight excluding hydrogens is 434 g/mol. The third kappa shape index (κ3) is 6.28. The van der Waals surface area contributed by atoms with Gasteiger partial charge < -0.3 is 19.7 Å². The lowest BCUT2D eigenvalue weighted by atomic mass is 10.2. The van der Waals surface area contributed by atoms with Crippen LogP contribution in [0.2, 0.25) is 0 Å². The summed E-state index contributed by atoms with van der Waals surface area (Å²) in [4.78, 5) is 26.9. The first-order chi connectivity index (χ1) is 15.3. The van der Waals surface area contributed by atoms with Gasteiger partial charge in [-0.05, 0) is 50.2 Å². The SMILES string of the molecule is CC(NS(=O)(=O)c1ccccc1)C(=O)OC(C)C(=O)Nc1ccc(N2CCOCC2)cc1. The van der Waals surface area contributed by atoms with Gasteiger partial charge in [0.2, 0.25) is 10.0 Å². The highest BCUT2D eigenvalue weighted by Crippen LogP contribution is 2.19. The topological polar surface area (TPSA) is 114 Å². The molecule has 32 heavy (non-hydrogen) atoms. The van der Waals surface area contributed by atoms with Crippen molar-refractivity contribution in [2.75, 3.05) is 36.5 Å². The third-order valence-corrected chi connectivity index (χ3v) is 6.47. The van der Waals surface area contributed by atoms with Crippen molar-refractivity contribution in [1.29, 1.82) is 0 Å². The first-order valence-corrected chi connectivity index (χ1v) is 11.8. The summed E-state index contributed by atoms with van der Waals surface area (Å²) in [6.45, 7) is 5.77. The molecule has 9 nitrogen and oxygen atoms in total. The number of ether oxygens (including phenoxy) is 2. The van der Waals surface area contributed by atoms with Crippen LogP contribution < -0.4 is 14.9 Å². The molecule has 1 amide bonds. The molecule has 2 aromatic rings. The minimum atomic E-state index is -3.89. The van der Waals surface area contributed by atoms with Crippen molar-refractivity contribution in [2.24, 2.45) is 0 Å². The van der Waals surface area contributed by atoms with Crippen LogP contribution in [0.4, 0.5) is 11.4 Å². The summed E-state index contributed by atoms with van der Waals surface area (Å²) in [5.41, 5.74) is 1.60. The Hall–Kier alpha value is -2.95. The van der Waals surface area contributed by atoms with E-state index in [-0.39, 0.29) is 4.90 Å². The Morgan fingerprint density at radius 3 is 2.25 bits per heavy atom. The minimum absolute atomic E-state index is 0.0333. The maximum atomic E-state index is 12.4. The molecule has 3 rings (SSSR count). The zero-order valence-corrected chi connectivity index (χ0v) is 18.8. The molecule has 1 aliphatic heterocycles. The minimum Gasteiger partial charge on any atom is -0.451 e. The van der Waals surface area contributed by atoms with Crippen molar-refractivity contribution >= 4 is 33.3 Å². The lowest BCUT2D eigenvalue weighted by Gasteiger charge is -2.29. The predicted molar refractivity (Wildman–Crippen MR) is 120 cm³/mol. The number of carbonyl (C=O) groups is 2. The molecule has 172 valence electrons. The van der Waals surface area contributed by atoms with Crippen molar-refractivity contribution in [3.05, 3.63) is 54.6 Å². The van der Waals surface area contributed by atoms with Crippen molar-refractivity contribution < 1.29 is 27.5 Å². The van der Waals surface area contributed by atoms with E-state index in [4.69, 9.17) is 9.47 Å². The number of nitrogens with zero attached hydrogens (tertiary/aromatic N) is 1. The first kappa shape index (κ1) is 23.7. The number of benzene rings is 2. The average molecular weight is 462 g/mol. The fourth-order valence-corrected chi connectivity index (χ4v) is 4.31. The Balaban J connectivity index is 1.51. The number of nitrogens with one attached hydrogen (secondary N) is 2. The molecule has 2 N–H and O–H groups in total. The number of sulfonamides is 1. The normalized spacial score (nSPS) is 16.1. The first-order valence-electron chi connectivity index (χ1n) is 10.3. The van der Waals surface area contributed by atoms with Crippen LogP contribution in [0.1, 0.15) is 13.8 Å². The number of morpholine rings is 1. The number of anilines is 2. The molecule has 0 bridgehead atoms. The van der Waals surface area contributed by atoms with Gasteiger partial charge >= 0.3 is 5.97 Å². The Morgan fingerprint density at radius 1 is 1.00 bits per heavy atom. The van der Waals surface area contributed by atoms with E-state index in [9.17, 15) is 18.0 Å². The molecule has 0 saturated carbocycles.